The zero-order valence-corrected chi connectivity index (χ0v) is 10.3. The molecule has 1 aromatic heterocycles. The van der Waals surface area contributed by atoms with Gasteiger partial charge in [-0.1, -0.05) is 12.1 Å². The summed E-state index contributed by atoms with van der Waals surface area (Å²) < 4.78 is 0. The molecule has 1 amide bonds. The van der Waals surface area contributed by atoms with Crippen molar-refractivity contribution in [3.8, 4) is 0 Å². The molecule has 0 aliphatic rings. The summed E-state index contributed by atoms with van der Waals surface area (Å²) >= 11 is 0. The number of anilines is 1. The van der Waals surface area contributed by atoms with Gasteiger partial charge in [0.1, 0.15) is 11.5 Å². The van der Waals surface area contributed by atoms with Gasteiger partial charge in [-0.2, -0.15) is 0 Å². The van der Waals surface area contributed by atoms with E-state index in [2.05, 4.69) is 15.3 Å². The van der Waals surface area contributed by atoms with Crippen molar-refractivity contribution in [1.29, 1.82) is 0 Å². The Morgan fingerprint density at radius 3 is 2.50 bits per heavy atom. The second-order valence-corrected chi connectivity index (χ2v) is 3.93. The maximum atomic E-state index is 11.7. The first-order chi connectivity index (χ1) is 9.56. The average molecular weight is 273 g/mol. The van der Waals surface area contributed by atoms with E-state index in [1.165, 1.54) is 24.5 Å². The second kappa shape index (κ2) is 5.74. The lowest BCUT2D eigenvalue weighted by Gasteiger charge is -2.04. The van der Waals surface area contributed by atoms with Gasteiger partial charge >= 0.3 is 0 Å². The van der Waals surface area contributed by atoms with Crippen LogP contribution in [0.4, 0.5) is 11.5 Å². The first-order valence-corrected chi connectivity index (χ1v) is 5.65. The smallest absolute Gasteiger partial charge is 0.271 e. The van der Waals surface area contributed by atoms with E-state index in [0.717, 1.165) is 5.56 Å². The molecule has 0 atom stereocenters. The van der Waals surface area contributed by atoms with Gasteiger partial charge in [-0.15, -0.1) is 0 Å². The first-order valence-electron chi connectivity index (χ1n) is 5.65. The van der Waals surface area contributed by atoms with Crippen molar-refractivity contribution in [3.63, 3.8) is 0 Å². The third-order valence-electron chi connectivity index (χ3n) is 2.50. The van der Waals surface area contributed by atoms with Gasteiger partial charge in [-0.05, 0) is 5.56 Å². The summed E-state index contributed by atoms with van der Waals surface area (Å²) in [7, 11) is 0. The van der Waals surface area contributed by atoms with Gasteiger partial charge in [0.25, 0.3) is 11.6 Å². The molecule has 8 nitrogen and oxygen atoms in total. The van der Waals surface area contributed by atoms with Crippen molar-refractivity contribution in [2.45, 2.75) is 6.54 Å². The number of nitro benzene ring substituents is 1. The fraction of sp³-hybridized carbons (Fsp3) is 0.0833. The number of nitrogens with two attached hydrogens (primary N) is 1. The highest BCUT2D eigenvalue weighted by Crippen LogP contribution is 2.11. The molecule has 1 heterocycles. The van der Waals surface area contributed by atoms with Gasteiger partial charge in [-0.25, -0.2) is 9.97 Å². The van der Waals surface area contributed by atoms with Crippen LogP contribution >= 0.6 is 0 Å². The predicted molar refractivity (Wildman–Crippen MR) is 70.7 cm³/mol. The number of nitro groups is 1. The lowest BCUT2D eigenvalue weighted by atomic mass is 10.2. The highest BCUT2D eigenvalue weighted by Gasteiger charge is 2.08. The van der Waals surface area contributed by atoms with Crippen LogP contribution in [0.1, 0.15) is 16.1 Å². The van der Waals surface area contributed by atoms with E-state index in [1.807, 2.05) is 0 Å². The second-order valence-electron chi connectivity index (χ2n) is 3.93. The third-order valence-corrected chi connectivity index (χ3v) is 2.50. The Hall–Kier alpha value is -3.03. The molecular weight excluding hydrogens is 262 g/mol. The van der Waals surface area contributed by atoms with Crippen LogP contribution in [0.15, 0.2) is 36.7 Å². The summed E-state index contributed by atoms with van der Waals surface area (Å²) in [5.41, 5.74) is 6.27. The van der Waals surface area contributed by atoms with Crippen molar-refractivity contribution in [2.24, 2.45) is 0 Å². The molecule has 0 aliphatic carbocycles. The molecule has 0 bridgehead atoms. The van der Waals surface area contributed by atoms with Crippen LogP contribution in [0.2, 0.25) is 0 Å². The molecule has 0 saturated heterocycles. The minimum Gasteiger partial charge on any atom is -0.382 e. The summed E-state index contributed by atoms with van der Waals surface area (Å²) in [4.78, 5) is 29.4. The molecule has 2 rings (SSSR count). The van der Waals surface area contributed by atoms with Crippen LogP contribution in [0.5, 0.6) is 0 Å². The minimum atomic E-state index is -0.480. The molecule has 102 valence electrons. The van der Waals surface area contributed by atoms with Gasteiger partial charge in [0.05, 0.1) is 17.3 Å². The molecule has 3 N–H and O–H groups in total. The van der Waals surface area contributed by atoms with Crippen LogP contribution in [-0.2, 0) is 6.54 Å². The molecule has 0 fully saturated rings. The highest BCUT2D eigenvalue weighted by molar-refractivity contribution is 5.91. The Morgan fingerprint density at radius 2 is 1.95 bits per heavy atom. The molecule has 1 aromatic carbocycles. The van der Waals surface area contributed by atoms with Crippen molar-refractivity contribution in [3.05, 3.63) is 58.0 Å². The number of nitrogen functional groups attached to an aromatic ring is 1. The van der Waals surface area contributed by atoms with Crippen LogP contribution in [0.3, 0.4) is 0 Å². The average Bonchev–Trinajstić information content (AvgIpc) is 2.46. The summed E-state index contributed by atoms with van der Waals surface area (Å²) in [6.45, 7) is 0.239. The van der Waals surface area contributed by atoms with Gasteiger partial charge in [-0.3, -0.25) is 14.9 Å². The number of carbonyl (C=O) groups is 1. The Labute approximate surface area is 113 Å². The zero-order chi connectivity index (χ0) is 14.5. The molecule has 20 heavy (non-hydrogen) atoms. The Balaban J connectivity index is 1.96. The molecule has 2 aromatic rings. The Bertz CT molecular complexity index is 625. The molecule has 0 radical (unpaired) electrons. The van der Waals surface area contributed by atoms with E-state index in [4.69, 9.17) is 5.73 Å². The Morgan fingerprint density at radius 1 is 1.25 bits per heavy atom. The van der Waals surface area contributed by atoms with Crippen LogP contribution in [0.25, 0.3) is 0 Å². The van der Waals surface area contributed by atoms with E-state index in [9.17, 15) is 14.9 Å². The lowest BCUT2D eigenvalue weighted by Crippen LogP contribution is -2.24. The molecule has 8 heteroatoms. The quantitative estimate of drug-likeness (QED) is 0.629. The fourth-order valence-corrected chi connectivity index (χ4v) is 1.46. The number of aromatic nitrogens is 2. The first kappa shape index (κ1) is 13.4. The van der Waals surface area contributed by atoms with E-state index >= 15 is 0 Å². The van der Waals surface area contributed by atoms with Gasteiger partial charge in [0.2, 0.25) is 0 Å². The maximum absolute atomic E-state index is 11.7. The lowest BCUT2D eigenvalue weighted by molar-refractivity contribution is -0.384. The molecule has 0 aliphatic heterocycles. The number of carbonyl (C=O) groups excluding carboxylic acids is 1. The number of hydrogen-bond acceptors (Lipinski definition) is 6. The van der Waals surface area contributed by atoms with Gasteiger partial charge in [0, 0.05) is 18.7 Å². The van der Waals surface area contributed by atoms with E-state index in [0.29, 0.717) is 0 Å². The largest absolute Gasteiger partial charge is 0.382 e. The minimum absolute atomic E-state index is 0.00415. The van der Waals surface area contributed by atoms with E-state index < -0.39 is 10.8 Å². The van der Waals surface area contributed by atoms with E-state index in [-0.39, 0.29) is 23.7 Å². The van der Waals surface area contributed by atoms with Crippen LogP contribution in [-0.4, -0.2) is 20.8 Å². The molecule has 0 spiro atoms. The third kappa shape index (κ3) is 3.25. The number of non-ortho nitro benzene ring substituents is 1. The van der Waals surface area contributed by atoms with E-state index in [1.54, 1.807) is 12.1 Å². The highest BCUT2D eigenvalue weighted by atomic mass is 16.6. The number of benzene rings is 1. The van der Waals surface area contributed by atoms with Gasteiger partial charge in [0.15, 0.2) is 0 Å². The summed E-state index contributed by atoms with van der Waals surface area (Å²) in [5, 5.41) is 13.1. The maximum Gasteiger partial charge on any atom is 0.271 e. The monoisotopic (exact) mass is 273 g/mol. The van der Waals surface area contributed by atoms with Crippen LogP contribution < -0.4 is 11.1 Å². The summed E-state index contributed by atoms with van der Waals surface area (Å²) in [5.74, 6) is -0.159. The zero-order valence-electron chi connectivity index (χ0n) is 10.3. The SMILES string of the molecule is Nc1cnc(C(=O)NCc2ccc([N+](=O)[O-])cc2)cn1. The standard InChI is InChI=1S/C12H11N5O3/c13-11-7-14-10(6-15-11)12(18)16-5-8-1-3-9(4-2-8)17(19)20/h1-4,6-7H,5H2,(H2,13,15)(H,16,18). The number of nitrogens with one attached hydrogen (secondary N) is 1. The van der Waals surface area contributed by atoms with Crippen molar-refractivity contribution in [2.75, 3.05) is 5.73 Å². The molecule has 0 unspecified atom stereocenters. The predicted octanol–water partition coefficient (Wildman–Crippen LogP) is 0.897. The summed E-state index contributed by atoms with van der Waals surface area (Å²) in [6, 6.07) is 5.91. The number of rotatable bonds is 4. The molecule has 0 saturated carbocycles. The normalized spacial score (nSPS) is 10.0. The Kier molecular flexibility index (Phi) is 3.85. The van der Waals surface area contributed by atoms with Crippen molar-refractivity contribution in [1.82, 2.24) is 15.3 Å². The molecular formula is C12H11N5O3. The van der Waals surface area contributed by atoms with Crippen LogP contribution in [0, 0.1) is 10.1 Å². The topological polar surface area (TPSA) is 124 Å². The summed E-state index contributed by atoms with van der Waals surface area (Å²) in [6.07, 6.45) is 2.57. The van der Waals surface area contributed by atoms with Crippen molar-refractivity contribution < 1.29 is 9.72 Å². The van der Waals surface area contributed by atoms with Crippen molar-refractivity contribution >= 4 is 17.4 Å². The number of nitrogens with zero attached hydrogens (tertiary/aromatic N) is 3. The van der Waals surface area contributed by atoms with Gasteiger partial charge < -0.3 is 11.1 Å². The number of hydrogen-bond donors (Lipinski definition) is 2. The fourth-order valence-electron chi connectivity index (χ4n) is 1.46. The number of amides is 1.